The Bertz CT molecular complexity index is 624. The van der Waals surface area contributed by atoms with Gasteiger partial charge in [-0.3, -0.25) is 4.72 Å². The van der Waals surface area contributed by atoms with Crippen molar-refractivity contribution >= 4 is 21.4 Å². The average Bonchev–Trinajstić information content (AvgIpc) is 2.89. The van der Waals surface area contributed by atoms with Crippen molar-refractivity contribution in [2.24, 2.45) is 0 Å². The van der Waals surface area contributed by atoms with Crippen LogP contribution in [0, 0.1) is 0 Å². The highest BCUT2D eigenvalue weighted by atomic mass is 32.2. The first-order chi connectivity index (χ1) is 10.1. The van der Waals surface area contributed by atoms with Gasteiger partial charge in [0.05, 0.1) is 29.8 Å². The molecule has 0 radical (unpaired) electrons. The van der Waals surface area contributed by atoms with Crippen molar-refractivity contribution in [3.05, 3.63) is 12.1 Å². The van der Waals surface area contributed by atoms with Crippen LogP contribution < -0.4 is 19.9 Å². The third-order valence-electron chi connectivity index (χ3n) is 3.91. The van der Waals surface area contributed by atoms with Crippen molar-refractivity contribution in [2.45, 2.75) is 37.4 Å². The van der Waals surface area contributed by atoms with E-state index in [0.29, 0.717) is 48.9 Å². The molecule has 0 saturated heterocycles. The first-order valence-corrected chi connectivity index (χ1v) is 8.81. The molecule has 21 heavy (non-hydrogen) atoms. The first-order valence-electron chi connectivity index (χ1n) is 7.27. The lowest BCUT2D eigenvalue weighted by atomic mass is 10.2. The zero-order valence-electron chi connectivity index (χ0n) is 11.8. The standard InChI is InChI=1S/C14H20N2O4S/c15-11-8-13-14(20-7-3-6-19-13)9-12(11)16-21(17,18)10-4-1-2-5-10/h8-10,16H,1-7,15H2. The van der Waals surface area contributed by atoms with Crippen molar-refractivity contribution in [1.29, 1.82) is 0 Å². The number of rotatable bonds is 3. The monoisotopic (exact) mass is 312 g/mol. The van der Waals surface area contributed by atoms with Gasteiger partial charge >= 0.3 is 0 Å². The SMILES string of the molecule is Nc1cc2c(cc1NS(=O)(=O)C1CCCC1)OCCCO2. The molecule has 1 aliphatic carbocycles. The minimum absolute atomic E-state index is 0.326. The van der Waals surface area contributed by atoms with Crippen LogP contribution in [0.3, 0.4) is 0 Å². The van der Waals surface area contributed by atoms with Gasteiger partial charge in [0.15, 0.2) is 11.5 Å². The van der Waals surface area contributed by atoms with Crippen LogP contribution in [-0.4, -0.2) is 26.9 Å². The van der Waals surface area contributed by atoms with Crippen molar-refractivity contribution in [3.8, 4) is 11.5 Å². The van der Waals surface area contributed by atoms with Gasteiger partial charge < -0.3 is 15.2 Å². The molecule has 116 valence electrons. The van der Waals surface area contributed by atoms with Crippen LogP contribution in [0.25, 0.3) is 0 Å². The number of ether oxygens (including phenoxy) is 2. The van der Waals surface area contributed by atoms with E-state index in [1.807, 2.05) is 0 Å². The highest BCUT2D eigenvalue weighted by Crippen LogP contribution is 2.37. The Kier molecular flexibility index (Phi) is 3.84. The lowest BCUT2D eigenvalue weighted by Gasteiger charge is -2.17. The van der Waals surface area contributed by atoms with E-state index in [9.17, 15) is 8.42 Å². The lowest BCUT2D eigenvalue weighted by molar-refractivity contribution is 0.297. The molecule has 7 heteroatoms. The Morgan fingerprint density at radius 3 is 2.33 bits per heavy atom. The number of nitrogen functional groups attached to an aromatic ring is 1. The molecular weight excluding hydrogens is 292 g/mol. The highest BCUT2D eigenvalue weighted by Gasteiger charge is 2.29. The smallest absolute Gasteiger partial charge is 0.235 e. The molecule has 3 N–H and O–H groups in total. The molecule has 1 heterocycles. The number of nitrogens with two attached hydrogens (primary N) is 1. The van der Waals surface area contributed by atoms with Crippen LogP contribution in [0.2, 0.25) is 0 Å². The second-order valence-corrected chi connectivity index (χ2v) is 7.45. The number of hydrogen-bond donors (Lipinski definition) is 2. The third kappa shape index (κ3) is 3.02. The fourth-order valence-electron chi connectivity index (χ4n) is 2.75. The van der Waals surface area contributed by atoms with Crippen LogP contribution in [0.1, 0.15) is 32.1 Å². The van der Waals surface area contributed by atoms with Crippen LogP contribution in [-0.2, 0) is 10.0 Å². The summed E-state index contributed by atoms with van der Waals surface area (Å²) in [5.41, 5.74) is 6.65. The van der Waals surface area contributed by atoms with E-state index in [4.69, 9.17) is 15.2 Å². The molecule has 0 unspecified atom stereocenters. The van der Waals surface area contributed by atoms with Crippen molar-refractivity contribution in [3.63, 3.8) is 0 Å². The maximum absolute atomic E-state index is 12.4. The summed E-state index contributed by atoms with van der Waals surface area (Å²) in [5.74, 6) is 1.10. The fourth-order valence-corrected chi connectivity index (χ4v) is 4.35. The van der Waals surface area contributed by atoms with E-state index in [-0.39, 0.29) is 5.25 Å². The Morgan fingerprint density at radius 2 is 1.67 bits per heavy atom. The molecular formula is C14H20N2O4S. The largest absolute Gasteiger partial charge is 0.489 e. The molecule has 0 spiro atoms. The van der Waals surface area contributed by atoms with Crippen molar-refractivity contribution < 1.29 is 17.9 Å². The Balaban J connectivity index is 1.86. The average molecular weight is 312 g/mol. The van der Waals surface area contributed by atoms with Gasteiger partial charge in [0.25, 0.3) is 0 Å². The fraction of sp³-hybridized carbons (Fsp3) is 0.571. The number of hydrogen-bond acceptors (Lipinski definition) is 5. The van der Waals surface area contributed by atoms with Gasteiger partial charge in [-0.1, -0.05) is 12.8 Å². The summed E-state index contributed by atoms with van der Waals surface area (Å²) in [6.07, 6.45) is 4.13. The molecule has 2 aliphatic rings. The highest BCUT2D eigenvalue weighted by molar-refractivity contribution is 7.93. The molecule has 0 aromatic heterocycles. The molecule has 1 aromatic carbocycles. The predicted molar refractivity (Wildman–Crippen MR) is 81.3 cm³/mol. The van der Waals surface area contributed by atoms with Crippen LogP contribution in [0.4, 0.5) is 11.4 Å². The number of sulfonamides is 1. The second-order valence-electron chi connectivity index (χ2n) is 5.49. The molecule has 0 bridgehead atoms. The van der Waals surface area contributed by atoms with E-state index in [2.05, 4.69) is 4.72 Å². The summed E-state index contributed by atoms with van der Waals surface area (Å²) in [6.45, 7) is 1.12. The number of benzene rings is 1. The molecule has 0 atom stereocenters. The van der Waals surface area contributed by atoms with E-state index in [1.54, 1.807) is 12.1 Å². The normalized spacial score (nSPS) is 19.2. The summed E-state index contributed by atoms with van der Waals surface area (Å²) in [6, 6.07) is 3.23. The maximum Gasteiger partial charge on any atom is 0.235 e. The topological polar surface area (TPSA) is 90.7 Å². The molecule has 0 amide bonds. The second kappa shape index (κ2) is 5.63. The minimum Gasteiger partial charge on any atom is -0.489 e. The van der Waals surface area contributed by atoms with Gasteiger partial charge in [-0.25, -0.2) is 8.42 Å². The van der Waals surface area contributed by atoms with Crippen LogP contribution in [0.15, 0.2) is 12.1 Å². The zero-order chi connectivity index (χ0) is 14.9. The van der Waals surface area contributed by atoms with E-state index in [0.717, 1.165) is 19.3 Å². The van der Waals surface area contributed by atoms with Crippen LogP contribution >= 0.6 is 0 Å². The number of nitrogens with one attached hydrogen (secondary N) is 1. The summed E-state index contributed by atoms with van der Waals surface area (Å²) in [7, 11) is -3.40. The van der Waals surface area contributed by atoms with E-state index >= 15 is 0 Å². The molecule has 1 aromatic rings. The van der Waals surface area contributed by atoms with Gasteiger partial charge in [-0.05, 0) is 12.8 Å². The predicted octanol–water partition coefficient (Wildman–Crippen LogP) is 2.11. The number of fused-ring (bicyclic) bond motifs is 1. The summed E-state index contributed by atoms with van der Waals surface area (Å²) in [4.78, 5) is 0. The van der Waals surface area contributed by atoms with Gasteiger partial charge in [0.2, 0.25) is 10.0 Å². The Labute approximate surface area is 124 Å². The van der Waals surface area contributed by atoms with Crippen LogP contribution in [0.5, 0.6) is 11.5 Å². The van der Waals surface area contributed by atoms with Gasteiger partial charge in [0.1, 0.15) is 0 Å². The van der Waals surface area contributed by atoms with Gasteiger partial charge in [-0.15, -0.1) is 0 Å². The molecule has 3 rings (SSSR count). The summed E-state index contributed by atoms with van der Waals surface area (Å²) >= 11 is 0. The van der Waals surface area contributed by atoms with Crippen molar-refractivity contribution in [2.75, 3.05) is 23.7 Å². The summed E-state index contributed by atoms with van der Waals surface area (Å²) < 4.78 is 38.4. The Morgan fingerprint density at radius 1 is 1.05 bits per heavy atom. The van der Waals surface area contributed by atoms with Gasteiger partial charge in [-0.2, -0.15) is 0 Å². The zero-order valence-corrected chi connectivity index (χ0v) is 12.6. The minimum atomic E-state index is -3.40. The first kappa shape index (κ1) is 14.3. The van der Waals surface area contributed by atoms with Gasteiger partial charge in [0, 0.05) is 18.6 Å². The number of anilines is 2. The molecule has 1 aliphatic heterocycles. The quantitative estimate of drug-likeness (QED) is 0.834. The third-order valence-corrected chi connectivity index (χ3v) is 5.77. The van der Waals surface area contributed by atoms with E-state index in [1.165, 1.54) is 0 Å². The Hall–Kier alpha value is -1.63. The molecule has 1 fully saturated rings. The molecule has 1 saturated carbocycles. The summed E-state index contributed by atoms with van der Waals surface area (Å²) in [5, 5.41) is -0.326. The van der Waals surface area contributed by atoms with Crippen molar-refractivity contribution in [1.82, 2.24) is 0 Å². The lowest BCUT2D eigenvalue weighted by Crippen LogP contribution is -2.25. The van der Waals surface area contributed by atoms with E-state index < -0.39 is 10.0 Å². The maximum atomic E-state index is 12.4. The molecule has 6 nitrogen and oxygen atoms in total.